The third kappa shape index (κ3) is 4.62. The molecule has 9 heteroatoms. The van der Waals surface area contributed by atoms with Crippen LogP contribution in [-0.2, 0) is 7.05 Å². The fourth-order valence-electron chi connectivity index (χ4n) is 2.57. The Balaban J connectivity index is 1.75. The van der Waals surface area contributed by atoms with Crippen molar-refractivity contribution in [2.45, 2.75) is 45.2 Å². The average molecular weight is 396 g/mol. The van der Waals surface area contributed by atoms with E-state index in [2.05, 4.69) is 34.6 Å². The van der Waals surface area contributed by atoms with Gasteiger partial charge in [0.1, 0.15) is 10.7 Å². The summed E-state index contributed by atoms with van der Waals surface area (Å²) in [6.07, 6.45) is 4.34. The lowest BCUT2D eigenvalue weighted by Crippen LogP contribution is -2.30. The van der Waals surface area contributed by atoms with Crippen LogP contribution in [0.1, 0.15) is 65.1 Å². The average Bonchev–Trinajstić information content (AvgIpc) is 3.10. The molecule has 3 rings (SSSR count). The molecule has 0 unspecified atom stereocenters. The van der Waals surface area contributed by atoms with Gasteiger partial charge in [-0.05, 0) is 25.2 Å². The van der Waals surface area contributed by atoms with Crippen LogP contribution in [0.15, 0.2) is 11.6 Å². The Morgan fingerprint density at radius 1 is 1.38 bits per heavy atom. The zero-order chi connectivity index (χ0) is 18.8. The van der Waals surface area contributed by atoms with Crippen LogP contribution in [0.25, 0.3) is 0 Å². The topological polar surface area (TPSA) is 88.9 Å². The molecule has 0 aromatic carbocycles. The third-order valence-electron chi connectivity index (χ3n) is 3.98. The van der Waals surface area contributed by atoms with Crippen molar-refractivity contribution in [2.75, 3.05) is 0 Å². The molecule has 0 spiro atoms. The molecule has 1 saturated carbocycles. The first-order valence-electron chi connectivity index (χ1n) is 8.59. The van der Waals surface area contributed by atoms with E-state index in [-0.39, 0.29) is 29.6 Å². The largest absolute Gasteiger partial charge is 0.348 e. The molecule has 2 aromatic heterocycles. The normalized spacial score (nSPS) is 15.1. The lowest BCUT2D eigenvalue weighted by atomic mass is 10.0. The monoisotopic (exact) mass is 395 g/mol. The van der Waals surface area contributed by atoms with Gasteiger partial charge in [-0.2, -0.15) is 5.10 Å². The number of carbonyl (C=O) groups excluding carboxylic acids is 2. The van der Waals surface area contributed by atoms with Crippen molar-refractivity contribution in [2.24, 2.45) is 13.0 Å². The highest BCUT2D eigenvalue weighted by molar-refractivity contribution is 7.09. The molecular formula is C17H22ClN5O2S. The van der Waals surface area contributed by atoms with Crippen molar-refractivity contribution in [3.05, 3.63) is 33.0 Å². The standard InChI is InChI=1S/C17H22ClN5O2S/c1-9(2)6-12(20-16(25)14-11(18)7-23(3)22-14)17-21-13(8-26-17)15(24)19-10-4-5-10/h7-10,12H,4-6H2,1-3H3,(H,19,24)(H,20,25)/t12-/m1/s1. The number of carbonyl (C=O) groups is 2. The van der Waals surface area contributed by atoms with Gasteiger partial charge in [-0.25, -0.2) is 4.98 Å². The van der Waals surface area contributed by atoms with Gasteiger partial charge in [-0.3, -0.25) is 14.3 Å². The minimum atomic E-state index is -0.347. The van der Waals surface area contributed by atoms with Crippen molar-refractivity contribution in [1.82, 2.24) is 25.4 Å². The molecule has 1 fully saturated rings. The lowest BCUT2D eigenvalue weighted by Gasteiger charge is -2.18. The lowest BCUT2D eigenvalue weighted by molar-refractivity contribution is 0.0925. The quantitative estimate of drug-likeness (QED) is 0.754. The predicted molar refractivity (Wildman–Crippen MR) is 100 cm³/mol. The Kier molecular flexibility index (Phi) is 5.62. The number of nitrogens with one attached hydrogen (secondary N) is 2. The highest BCUT2D eigenvalue weighted by Gasteiger charge is 2.27. The third-order valence-corrected chi connectivity index (χ3v) is 5.21. The summed E-state index contributed by atoms with van der Waals surface area (Å²) in [5.74, 6) is -0.162. The highest BCUT2D eigenvalue weighted by atomic mass is 35.5. The molecule has 1 aliphatic rings. The summed E-state index contributed by atoms with van der Waals surface area (Å²) >= 11 is 7.44. The van der Waals surface area contributed by atoms with Gasteiger partial charge in [0.2, 0.25) is 0 Å². The first-order valence-corrected chi connectivity index (χ1v) is 9.85. The molecule has 0 bridgehead atoms. The molecule has 0 aliphatic heterocycles. The molecule has 1 aliphatic carbocycles. The number of aryl methyl sites for hydroxylation is 1. The second-order valence-electron chi connectivity index (χ2n) is 6.97. The molecule has 26 heavy (non-hydrogen) atoms. The minimum Gasteiger partial charge on any atom is -0.348 e. The van der Waals surface area contributed by atoms with Gasteiger partial charge in [0, 0.05) is 24.7 Å². The molecular weight excluding hydrogens is 374 g/mol. The van der Waals surface area contributed by atoms with E-state index in [0.29, 0.717) is 28.1 Å². The second-order valence-corrected chi connectivity index (χ2v) is 8.27. The number of hydrogen-bond donors (Lipinski definition) is 2. The second kappa shape index (κ2) is 7.75. The first-order chi connectivity index (χ1) is 12.3. The van der Waals surface area contributed by atoms with E-state index < -0.39 is 0 Å². The first kappa shape index (κ1) is 18.8. The predicted octanol–water partition coefficient (Wildman–Crippen LogP) is 2.94. The SMILES string of the molecule is CC(C)C[C@@H](NC(=O)c1nn(C)cc1Cl)c1nc(C(=O)NC2CC2)cs1. The molecule has 1 atom stereocenters. The van der Waals surface area contributed by atoms with Gasteiger partial charge in [0.15, 0.2) is 5.69 Å². The van der Waals surface area contributed by atoms with Crippen LogP contribution in [0.5, 0.6) is 0 Å². The van der Waals surface area contributed by atoms with Crippen LogP contribution in [-0.4, -0.2) is 32.6 Å². The van der Waals surface area contributed by atoms with Gasteiger partial charge < -0.3 is 10.6 Å². The van der Waals surface area contributed by atoms with E-state index in [1.165, 1.54) is 16.0 Å². The van der Waals surface area contributed by atoms with Crippen LogP contribution in [0.3, 0.4) is 0 Å². The Morgan fingerprint density at radius 3 is 2.69 bits per heavy atom. The molecule has 7 nitrogen and oxygen atoms in total. The Labute approximate surface area is 161 Å². The van der Waals surface area contributed by atoms with Crippen LogP contribution < -0.4 is 10.6 Å². The highest BCUT2D eigenvalue weighted by Crippen LogP contribution is 2.26. The van der Waals surface area contributed by atoms with Crippen molar-refractivity contribution in [3.8, 4) is 0 Å². The molecule has 140 valence electrons. The number of hydrogen-bond acceptors (Lipinski definition) is 5. The van der Waals surface area contributed by atoms with E-state index in [9.17, 15) is 9.59 Å². The van der Waals surface area contributed by atoms with E-state index in [1.807, 2.05) is 0 Å². The fourth-order valence-corrected chi connectivity index (χ4v) is 3.70. The molecule has 0 saturated heterocycles. The van der Waals surface area contributed by atoms with Crippen molar-refractivity contribution >= 4 is 34.8 Å². The fraction of sp³-hybridized carbons (Fsp3) is 0.529. The molecule has 0 radical (unpaired) electrons. The molecule has 2 aromatic rings. The maximum Gasteiger partial charge on any atom is 0.273 e. The van der Waals surface area contributed by atoms with E-state index in [4.69, 9.17) is 11.6 Å². The summed E-state index contributed by atoms with van der Waals surface area (Å²) in [5.41, 5.74) is 0.585. The van der Waals surface area contributed by atoms with Gasteiger partial charge in [0.25, 0.3) is 11.8 Å². The van der Waals surface area contributed by atoms with Crippen molar-refractivity contribution in [3.63, 3.8) is 0 Å². The Morgan fingerprint density at radius 2 is 2.12 bits per heavy atom. The van der Waals surface area contributed by atoms with Crippen molar-refractivity contribution in [1.29, 1.82) is 0 Å². The molecule has 2 amide bonds. The number of aromatic nitrogens is 3. The van der Waals surface area contributed by atoms with Gasteiger partial charge in [0.05, 0.1) is 11.1 Å². The summed E-state index contributed by atoms with van der Waals surface area (Å²) < 4.78 is 1.50. The van der Waals surface area contributed by atoms with Crippen LogP contribution in [0.2, 0.25) is 5.02 Å². The molecule has 2 N–H and O–H groups in total. The van der Waals surface area contributed by atoms with Gasteiger partial charge in [-0.15, -0.1) is 11.3 Å². The summed E-state index contributed by atoms with van der Waals surface area (Å²) in [4.78, 5) is 29.2. The van der Waals surface area contributed by atoms with Crippen LogP contribution in [0, 0.1) is 5.92 Å². The van der Waals surface area contributed by atoms with Gasteiger partial charge >= 0.3 is 0 Å². The zero-order valence-electron chi connectivity index (χ0n) is 15.0. The number of rotatable bonds is 7. The molecule has 2 heterocycles. The number of thiazole rings is 1. The minimum absolute atomic E-state index is 0.155. The maximum atomic E-state index is 12.6. The van der Waals surface area contributed by atoms with Crippen LogP contribution in [0.4, 0.5) is 0 Å². The maximum absolute atomic E-state index is 12.6. The number of halogens is 1. The van der Waals surface area contributed by atoms with Crippen molar-refractivity contribution < 1.29 is 9.59 Å². The van der Waals surface area contributed by atoms with Crippen LogP contribution >= 0.6 is 22.9 Å². The van der Waals surface area contributed by atoms with Gasteiger partial charge in [-0.1, -0.05) is 25.4 Å². The summed E-state index contributed by atoms with van der Waals surface area (Å²) in [5, 5.41) is 12.7. The zero-order valence-corrected chi connectivity index (χ0v) is 16.5. The van der Waals surface area contributed by atoms with E-state index in [1.54, 1.807) is 18.6 Å². The van der Waals surface area contributed by atoms with E-state index >= 15 is 0 Å². The summed E-state index contributed by atoms with van der Waals surface area (Å²) in [6, 6.07) is -0.0156. The number of nitrogens with zero attached hydrogens (tertiary/aromatic N) is 3. The Hall–Kier alpha value is -1.93. The summed E-state index contributed by atoms with van der Waals surface area (Å²) in [7, 11) is 1.71. The van der Waals surface area contributed by atoms with E-state index in [0.717, 1.165) is 12.8 Å². The number of amides is 2. The Bertz CT molecular complexity index is 812. The summed E-state index contributed by atoms with van der Waals surface area (Å²) in [6.45, 7) is 4.14. The smallest absolute Gasteiger partial charge is 0.273 e.